The lowest BCUT2D eigenvalue weighted by molar-refractivity contribution is -0.137. The monoisotopic (exact) mass is 502 g/mol. The van der Waals surface area contributed by atoms with Gasteiger partial charge >= 0.3 is 6.18 Å². The van der Waals surface area contributed by atoms with Crippen LogP contribution in [0.25, 0.3) is 0 Å². The summed E-state index contributed by atoms with van der Waals surface area (Å²) in [5.41, 5.74) is -0.188. The van der Waals surface area contributed by atoms with Gasteiger partial charge in [-0.15, -0.1) is 0 Å². The number of halogens is 5. The fourth-order valence-corrected chi connectivity index (χ4v) is 6.25. The molecule has 1 heterocycles. The number of likely N-dealkylation sites (tertiary alicyclic amines) is 1. The van der Waals surface area contributed by atoms with Crippen LogP contribution in [-0.4, -0.2) is 31.8 Å². The van der Waals surface area contributed by atoms with E-state index in [-0.39, 0.29) is 49.2 Å². The molecule has 2 aliphatic rings. The molecule has 1 saturated heterocycles. The largest absolute Gasteiger partial charge is 0.416 e. The third-order valence-corrected chi connectivity index (χ3v) is 8.30. The van der Waals surface area contributed by atoms with Crippen LogP contribution in [0.5, 0.6) is 0 Å². The van der Waals surface area contributed by atoms with Crippen molar-refractivity contribution in [1.82, 2.24) is 9.62 Å². The highest BCUT2D eigenvalue weighted by atomic mass is 32.2. The van der Waals surface area contributed by atoms with E-state index in [9.17, 15) is 35.2 Å². The Hall–Kier alpha value is -2.53. The molecule has 0 aromatic heterocycles. The SMILES string of the molecule is C[C@H]1C[C@@H]2[C@@H](CC(=O)N2Cc2ccc(C(F)(F)F)cc2)[C@@H]1CNS(=O)(=O)c1ccc(F)cc1F. The first-order valence-corrected chi connectivity index (χ1v) is 12.3. The summed E-state index contributed by atoms with van der Waals surface area (Å²) in [6.07, 6.45) is -3.62. The number of hydrogen-bond acceptors (Lipinski definition) is 3. The highest BCUT2D eigenvalue weighted by molar-refractivity contribution is 7.89. The third-order valence-electron chi connectivity index (χ3n) is 6.85. The van der Waals surface area contributed by atoms with E-state index in [0.29, 0.717) is 18.1 Å². The topological polar surface area (TPSA) is 66.5 Å². The Balaban J connectivity index is 1.44. The van der Waals surface area contributed by atoms with Gasteiger partial charge in [-0.3, -0.25) is 4.79 Å². The normalized spacial score (nSPS) is 25.1. The third kappa shape index (κ3) is 4.81. The average Bonchev–Trinajstić information content (AvgIpc) is 3.19. The minimum absolute atomic E-state index is 0.0110. The van der Waals surface area contributed by atoms with Gasteiger partial charge in [-0.25, -0.2) is 21.9 Å². The highest BCUT2D eigenvalue weighted by Crippen LogP contribution is 2.46. The van der Waals surface area contributed by atoms with E-state index in [1.807, 2.05) is 6.92 Å². The second kappa shape index (κ2) is 8.92. The summed E-state index contributed by atoms with van der Waals surface area (Å²) in [5, 5.41) is 0. The molecule has 0 bridgehead atoms. The number of sulfonamides is 1. The van der Waals surface area contributed by atoms with Crippen LogP contribution in [0.2, 0.25) is 0 Å². The van der Waals surface area contributed by atoms with Crippen LogP contribution < -0.4 is 4.72 Å². The van der Waals surface area contributed by atoms with Crippen LogP contribution in [0.1, 0.15) is 30.9 Å². The molecule has 5 nitrogen and oxygen atoms in total. The summed E-state index contributed by atoms with van der Waals surface area (Å²) in [7, 11) is -4.22. The molecule has 184 valence electrons. The van der Waals surface area contributed by atoms with Crippen LogP contribution in [-0.2, 0) is 27.5 Å². The fourth-order valence-electron chi connectivity index (χ4n) is 5.12. The Kier molecular flexibility index (Phi) is 6.45. The average molecular weight is 503 g/mol. The molecule has 34 heavy (non-hydrogen) atoms. The standard InChI is InChI=1S/C23H23F5N2O3S/c1-13-8-20-17(18(13)11-29-34(32,33)21-7-6-16(24)9-19(21)25)10-22(31)30(20)12-14-2-4-15(5-3-14)23(26,27)28/h2-7,9,13,17-18,20,29H,8,10-12H2,1H3/t13-,17-,18+,20+/m0/s1. The lowest BCUT2D eigenvalue weighted by atomic mass is 9.89. The lowest BCUT2D eigenvalue weighted by Crippen LogP contribution is -2.35. The number of fused-ring (bicyclic) bond motifs is 1. The van der Waals surface area contributed by atoms with Crippen molar-refractivity contribution in [3.8, 4) is 0 Å². The molecule has 1 aliphatic carbocycles. The van der Waals surface area contributed by atoms with E-state index in [2.05, 4.69) is 4.72 Å². The van der Waals surface area contributed by atoms with Crippen molar-refractivity contribution in [2.75, 3.05) is 6.54 Å². The molecular weight excluding hydrogens is 479 g/mol. The minimum atomic E-state index is -4.44. The molecular formula is C23H23F5N2O3S. The van der Waals surface area contributed by atoms with Gasteiger partial charge < -0.3 is 4.90 Å². The maximum absolute atomic E-state index is 14.0. The summed E-state index contributed by atoms with van der Waals surface area (Å²) < 4.78 is 93.0. The highest BCUT2D eigenvalue weighted by Gasteiger charge is 2.50. The van der Waals surface area contributed by atoms with Gasteiger partial charge in [-0.05, 0) is 54.0 Å². The van der Waals surface area contributed by atoms with Crippen molar-refractivity contribution < 1.29 is 35.2 Å². The van der Waals surface area contributed by atoms with Gasteiger partial charge in [0.05, 0.1) is 5.56 Å². The van der Waals surface area contributed by atoms with Gasteiger partial charge in [0.1, 0.15) is 16.5 Å². The molecule has 0 spiro atoms. The molecule has 4 rings (SSSR count). The molecule has 1 aliphatic heterocycles. The number of benzene rings is 2. The van der Waals surface area contributed by atoms with E-state index in [0.717, 1.165) is 24.3 Å². The molecule has 1 N–H and O–H groups in total. The van der Waals surface area contributed by atoms with Crippen LogP contribution in [0, 0.1) is 29.4 Å². The summed E-state index contributed by atoms with van der Waals surface area (Å²) >= 11 is 0. The summed E-state index contributed by atoms with van der Waals surface area (Å²) in [4.78, 5) is 13.7. The smallest absolute Gasteiger partial charge is 0.335 e. The summed E-state index contributed by atoms with van der Waals surface area (Å²) in [6.45, 7) is 2.10. The molecule has 1 amide bonds. The first kappa shape index (κ1) is 24.6. The van der Waals surface area contributed by atoms with Crippen molar-refractivity contribution in [2.45, 2.75) is 43.4 Å². The molecule has 4 atom stereocenters. The molecule has 0 unspecified atom stereocenters. The number of carbonyl (C=O) groups is 1. The second-order valence-electron chi connectivity index (χ2n) is 8.96. The van der Waals surface area contributed by atoms with Crippen LogP contribution in [0.3, 0.4) is 0 Å². The lowest BCUT2D eigenvalue weighted by Gasteiger charge is -2.25. The molecule has 2 aromatic rings. The Morgan fingerprint density at radius 1 is 1.09 bits per heavy atom. The zero-order chi connectivity index (χ0) is 24.8. The number of rotatable bonds is 6. The Labute approximate surface area is 194 Å². The van der Waals surface area contributed by atoms with Gasteiger partial charge in [-0.1, -0.05) is 19.1 Å². The zero-order valence-electron chi connectivity index (χ0n) is 18.1. The van der Waals surface area contributed by atoms with Gasteiger partial charge in [0.15, 0.2) is 0 Å². The quantitative estimate of drug-likeness (QED) is 0.598. The summed E-state index contributed by atoms with van der Waals surface area (Å²) in [5.74, 6) is -2.49. The number of hydrogen-bond donors (Lipinski definition) is 1. The Bertz CT molecular complexity index is 1180. The number of nitrogens with one attached hydrogen (secondary N) is 1. The van der Waals surface area contributed by atoms with Gasteiger partial charge in [0.2, 0.25) is 15.9 Å². The maximum atomic E-state index is 14.0. The van der Waals surface area contributed by atoms with Crippen molar-refractivity contribution in [3.05, 3.63) is 65.2 Å². The van der Waals surface area contributed by atoms with Crippen LogP contribution in [0.15, 0.2) is 47.4 Å². The maximum Gasteiger partial charge on any atom is 0.416 e. The molecule has 2 fully saturated rings. The predicted octanol–water partition coefficient (Wildman–Crippen LogP) is 4.34. The number of carbonyl (C=O) groups excluding carboxylic acids is 1. The number of alkyl halides is 3. The number of amides is 1. The second-order valence-corrected chi connectivity index (χ2v) is 10.7. The van der Waals surface area contributed by atoms with Crippen LogP contribution in [0.4, 0.5) is 22.0 Å². The molecule has 2 aromatic carbocycles. The fraction of sp³-hybridized carbons (Fsp3) is 0.435. The van der Waals surface area contributed by atoms with E-state index in [1.165, 1.54) is 12.1 Å². The zero-order valence-corrected chi connectivity index (χ0v) is 19.0. The van der Waals surface area contributed by atoms with Gasteiger partial charge in [0.25, 0.3) is 0 Å². The van der Waals surface area contributed by atoms with Crippen molar-refractivity contribution in [2.24, 2.45) is 17.8 Å². The van der Waals surface area contributed by atoms with Crippen molar-refractivity contribution in [3.63, 3.8) is 0 Å². The van der Waals surface area contributed by atoms with Crippen LogP contribution >= 0.6 is 0 Å². The molecule has 1 saturated carbocycles. The van der Waals surface area contributed by atoms with E-state index >= 15 is 0 Å². The summed E-state index contributed by atoms with van der Waals surface area (Å²) in [6, 6.07) is 6.72. The van der Waals surface area contributed by atoms with Gasteiger partial charge in [-0.2, -0.15) is 13.2 Å². The Morgan fingerprint density at radius 2 is 1.76 bits per heavy atom. The predicted molar refractivity (Wildman–Crippen MR) is 113 cm³/mol. The van der Waals surface area contributed by atoms with Crippen molar-refractivity contribution in [1.29, 1.82) is 0 Å². The number of nitrogens with zero attached hydrogens (tertiary/aromatic N) is 1. The first-order valence-electron chi connectivity index (χ1n) is 10.8. The minimum Gasteiger partial charge on any atom is -0.335 e. The van der Waals surface area contributed by atoms with Gasteiger partial charge in [0, 0.05) is 31.6 Å². The van der Waals surface area contributed by atoms with Crippen molar-refractivity contribution >= 4 is 15.9 Å². The Morgan fingerprint density at radius 3 is 2.38 bits per heavy atom. The van der Waals surface area contributed by atoms with E-state index in [1.54, 1.807) is 4.90 Å². The molecule has 0 radical (unpaired) electrons. The first-order chi connectivity index (χ1) is 15.9. The van der Waals surface area contributed by atoms with E-state index in [4.69, 9.17) is 0 Å². The molecule has 11 heteroatoms. The van der Waals surface area contributed by atoms with E-state index < -0.39 is 38.3 Å².